The first-order valence-electron chi connectivity index (χ1n) is 19.4. The second kappa shape index (κ2) is 13.6. The molecule has 0 N–H and O–H groups in total. The number of furan rings is 1. The Morgan fingerprint density at radius 1 is 0.351 bits per heavy atom. The number of hydrogen-bond donors (Lipinski definition) is 0. The van der Waals surface area contributed by atoms with Crippen LogP contribution < -0.4 is 4.90 Å². The van der Waals surface area contributed by atoms with Crippen LogP contribution in [0, 0.1) is 0 Å². The van der Waals surface area contributed by atoms with E-state index in [0.29, 0.717) is 0 Å². The molecule has 11 aromatic rings. The molecule has 0 radical (unpaired) electrons. The molecule has 268 valence electrons. The van der Waals surface area contributed by atoms with Gasteiger partial charge in [0, 0.05) is 38.5 Å². The van der Waals surface area contributed by atoms with Gasteiger partial charge in [-0.3, -0.25) is 0 Å². The maximum atomic E-state index is 6.71. The van der Waals surface area contributed by atoms with E-state index in [9.17, 15) is 0 Å². The molecule has 0 saturated heterocycles. The first kappa shape index (κ1) is 32.8. The normalized spacial score (nSPS) is 11.5. The standard InChI is InChI=1S/C54H36N2O/c1-3-16-37(17-4-1)40-34-41(38-18-5-2-6-19-38)36-43(35-40)55(52-28-15-24-48-47-23-10-14-29-53(47)57-54(48)52)42-32-30-39(31-33-42)44-20-7-11-25-49(44)56-50-26-12-8-21-45(50)46-22-9-13-27-51(46)56/h1-36H. The Morgan fingerprint density at radius 2 is 0.895 bits per heavy atom. The van der Waals surface area contributed by atoms with E-state index in [4.69, 9.17) is 4.42 Å². The molecule has 3 heteroatoms. The number of para-hydroxylation sites is 5. The number of benzene rings is 9. The zero-order valence-electron chi connectivity index (χ0n) is 31.1. The van der Waals surface area contributed by atoms with Crippen molar-refractivity contribution >= 4 is 60.8 Å². The molecule has 2 aromatic heterocycles. The molecule has 0 saturated carbocycles. The summed E-state index contributed by atoms with van der Waals surface area (Å²) < 4.78 is 9.12. The van der Waals surface area contributed by atoms with Crippen molar-refractivity contribution in [3.8, 4) is 39.1 Å². The number of nitrogens with zero attached hydrogens (tertiary/aromatic N) is 2. The minimum atomic E-state index is 0.853. The van der Waals surface area contributed by atoms with Crippen molar-refractivity contribution in [3.63, 3.8) is 0 Å². The van der Waals surface area contributed by atoms with E-state index >= 15 is 0 Å². The first-order valence-corrected chi connectivity index (χ1v) is 19.4. The van der Waals surface area contributed by atoms with Crippen molar-refractivity contribution in [2.45, 2.75) is 0 Å². The number of aromatic nitrogens is 1. The van der Waals surface area contributed by atoms with Gasteiger partial charge in [0.2, 0.25) is 0 Å². The van der Waals surface area contributed by atoms with Crippen molar-refractivity contribution in [3.05, 3.63) is 218 Å². The second-order valence-corrected chi connectivity index (χ2v) is 14.5. The highest BCUT2D eigenvalue weighted by atomic mass is 16.3. The predicted molar refractivity (Wildman–Crippen MR) is 239 cm³/mol. The summed E-state index contributed by atoms with van der Waals surface area (Å²) in [5.74, 6) is 0. The van der Waals surface area contributed by atoms with Crippen molar-refractivity contribution < 1.29 is 4.42 Å². The van der Waals surface area contributed by atoms with Crippen LogP contribution in [0.3, 0.4) is 0 Å². The van der Waals surface area contributed by atoms with Crippen LogP contribution in [-0.2, 0) is 0 Å². The van der Waals surface area contributed by atoms with Crippen LogP contribution in [0.2, 0.25) is 0 Å². The highest BCUT2D eigenvalue weighted by Gasteiger charge is 2.22. The molecular formula is C54H36N2O. The average molecular weight is 729 g/mol. The molecule has 57 heavy (non-hydrogen) atoms. The molecule has 11 rings (SSSR count). The molecule has 0 aliphatic carbocycles. The van der Waals surface area contributed by atoms with E-state index < -0.39 is 0 Å². The smallest absolute Gasteiger partial charge is 0.159 e. The SMILES string of the molecule is c1ccc(-c2cc(-c3ccccc3)cc(N(c3ccc(-c4ccccc4-n4c5ccccc5c5ccccc54)cc3)c3cccc4c3oc3ccccc34)c2)cc1. The third-order valence-corrected chi connectivity index (χ3v) is 11.2. The average Bonchev–Trinajstić information content (AvgIpc) is 3.84. The lowest BCUT2D eigenvalue weighted by Crippen LogP contribution is -2.10. The lowest BCUT2D eigenvalue weighted by Gasteiger charge is -2.27. The molecule has 0 spiro atoms. The summed E-state index contributed by atoms with van der Waals surface area (Å²) in [6.45, 7) is 0. The van der Waals surface area contributed by atoms with E-state index in [-0.39, 0.29) is 0 Å². The Balaban J connectivity index is 1.12. The van der Waals surface area contributed by atoms with Crippen LogP contribution in [0.25, 0.3) is 82.8 Å². The summed E-state index contributed by atoms with van der Waals surface area (Å²) in [5, 5.41) is 4.70. The van der Waals surface area contributed by atoms with Gasteiger partial charge in [0.25, 0.3) is 0 Å². The Labute approximate surface area is 330 Å². The van der Waals surface area contributed by atoms with E-state index in [0.717, 1.165) is 72.5 Å². The molecule has 3 nitrogen and oxygen atoms in total. The third kappa shape index (κ3) is 5.60. The maximum Gasteiger partial charge on any atom is 0.159 e. The Kier molecular flexibility index (Phi) is 7.82. The van der Waals surface area contributed by atoms with Crippen LogP contribution in [0.4, 0.5) is 17.1 Å². The number of hydrogen-bond acceptors (Lipinski definition) is 2. The molecule has 0 amide bonds. The molecule has 0 aliphatic heterocycles. The minimum Gasteiger partial charge on any atom is -0.454 e. The van der Waals surface area contributed by atoms with Gasteiger partial charge in [-0.05, 0) is 88.5 Å². The summed E-state index contributed by atoms with van der Waals surface area (Å²) in [7, 11) is 0. The maximum absolute atomic E-state index is 6.71. The monoisotopic (exact) mass is 728 g/mol. The van der Waals surface area contributed by atoms with Gasteiger partial charge in [0.15, 0.2) is 5.58 Å². The molecule has 0 unspecified atom stereocenters. The molecular weight excluding hydrogens is 693 g/mol. The lowest BCUT2D eigenvalue weighted by atomic mass is 9.97. The van der Waals surface area contributed by atoms with Crippen LogP contribution in [0.5, 0.6) is 0 Å². The van der Waals surface area contributed by atoms with Crippen LogP contribution in [0.1, 0.15) is 0 Å². The fourth-order valence-electron chi connectivity index (χ4n) is 8.56. The van der Waals surface area contributed by atoms with E-state index in [2.05, 4.69) is 222 Å². The Hall–Kier alpha value is -7.62. The minimum absolute atomic E-state index is 0.853. The van der Waals surface area contributed by atoms with Crippen LogP contribution in [-0.4, -0.2) is 4.57 Å². The zero-order valence-corrected chi connectivity index (χ0v) is 31.1. The van der Waals surface area contributed by atoms with Gasteiger partial charge in [-0.2, -0.15) is 0 Å². The van der Waals surface area contributed by atoms with Gasteiger partial charge in [-0.1, -0.05) is 158 Å². The number of fused-ring (bicyclic) bond motifs is 6. The molecule has 0 fully saturated rings. The Bertz CT molecular complexity index is 3120. The molecule has 0 aliphatic rings. The highest BCUT2D eigenvalue weighted by Crippen LogP contribution is 2.45. The van der Waals surface area contributed by atoms with Crippen molar-refractivity contribution in [1.29, 1.82) is 0 Å². The molecule has 9 aromatic carbocycles. The van der Waals surface area contributed by atoms with E-state index in [1.165, 1.54) is 27.4 Å². The fourth-order valence-corrected chi connectivity index (χ4v) is 8.56. The highest BCUT2D eigenvalue weighted by molar-refractivity contribution is 6.11. The summed E-state index contributed by atoms with van der Waals surface area (Å²) in [6.07, 6.45) is 0. The lowest BCUT2D eigenvalue weighted by molar-refractivity contribution is 0.669. The van der Waals surface area contributed by atoms with Gasteiger partial charge < -0.3 is 13.9 Å². The van der Waals surface area contributed by atoms with E-state index in [1.807, 2.05) is 6.07 Å². The summed E-state index contributed by atoms with van der Waals surface area (Å²) in [5.41, 5.74) is 15.2. The zero-order chi connectivity index (χ0) is 37.7. The third-order valence-electron chi connectivity index (χ3n) is 11.2. The van der Waals surface area contributed by atoms with Gasteiger partial charge in [0.05, 0.1) is 22.4 Å². The van der Waals surface area contributed by atoms with Gasteiger partial charge in [0.1, 0.15) is 5.58 Å². The summed E-state index contributed by atoms with van der Waals surface area (Å²) >= 11 is 0. The summed E-state index contributed by atoms with van der Waals surface area (Å²) in [6, 6.07) is 78.1. The van der Waals surface area contributed by atoms with Crippen molar-refractivity contribution in [2.75, 3.05) is 4.90 Å². The largest absolute Gasteiger partial charge is 0.454 e. The molecule has 0 atom stereocenters. The van der Waals surface area contributed by atoms with Gasteiger partial charge in [-0.25, -0.2) is 0 Å². The number of rotatable bonds is 7. The topological polar surface area (TPSA) is 21.3 Å². The quantitative estimate of drug-likeness (QED) is 0.163. The predicted octanol–water partition coefficient (Wildman–Crippen LogP) is 15.2. The summed E-state index contributed by atoms with van der Waals surface area (Å²) in [4.78, 5) is 2.35. The van der Waals surface area contributed by atoms with Gasteiger partial charge >= 0.3 is 0 Å². The van der Waals surface area contributed by atoms with E-state index in [1.54, 1.807) is 0 Å². The van der Waals surface area contributed by atoms with Crippen molar-refractivity contribution in [1.82, 2.24) is 4.57 Å². The van der Waals surface area contributed by atoms with Crippen LogP contribution in [0.15, 0.2) is 223 Å². The molecule has 0 bridgehead atoms. The van der Waals surface area contributed by atoms with Crippen molar-refractivity contribution in [2.24, 2.45) is 0 Å². The van der Waals surface area contributed by atoms with Gasteiger partial charge in [-0.15, -0.1) is 0 Å². The molecule has 2 heterocycles. The second-order valence-electron chi connectivity index (χ2n) is 14.5. The number of anilines is 3. The Morgan fingerprint density at radius 3 is 1.56 bits per heavy atom. The van der Waals surface area contributed by atoms with Crippen LogP contribution >= 0.6 is 0 Å². The first-order chi connectivity index (χ1) is 28.3. The fraction of sp³-hybridized carbons (Fsp3) is 0.